The maximum Gasteiger partial charge on any atom is 0.206 e. The third kappa shape index (κ3) is 2.72. The summed E-state index contributed by atoms with van der Waals surface area (Å²) < 4.78 is 0.846. The minimum Gasteiger partial charge on any atom is -0.288 e. The second-order valence-electron chi connectivity index (χ2n) is 3.28. The predicted octanol–water partition coefficient (Wildman–Crippen LogP) is 6.36. The normalized spacial score (nSPS) is 10.7. The van der Waals surface area contributed by atoms with Crippen LogP contribution in [0.5, 0.6) is 0 Å². The molecule has 0 fully saturated rings. The van der Waals surface area contributed by atoms with Gasteiger partial charge in [-0.05, 0) is 34.1 Å². The Morgan fingerprint density at radius 1 is 1.06 bits per heavy atom. The molecule has 0 saturated carbocycles. The number of benzene rings is 1. The summed E-state index contributed by atoms with van der Waals surface area (Å²) in [6.07, 6.45) is 0. The van der Waals surface area contributed by atoms with Crippen LogP contribution in [0.3, 0.4) is 0 Å². The molecular weight excluding hydrogens is 402 g/mol. The molecule has 0 aliphatic rings. The first-order valence-electron chi connectivity index (χ1n) is 4.55. The monoisotopic (exact) mass is 402 g/mol. The Balaban J connectivity index is 2.58. The van der Waals surface area contributed by atoms with Crippen LogP contribution in [-0.4, -0.2) is 5.78 Å². The van der Waals surface area contributed by atoms with Crippen LogP contribution in [0.25, 0.3) is 0 Å². The van der Waals surface area contributed by atoms with Crippen molar-refractivity contribution in [2.45, 2.75) is 0 Å². The molecule has 0 aliphatic carbocycles. The molecule has 18 heavy (non-hydrogen) atoms. The lowest BCUT2D eigenvalue weighted by Gasteiger charge is -2.08. The van der Waals surface area contributed by atoms with Crippen LogP contribution in [0.2, 0.25) is 20.1 Å². The summed E-state index contributed by atoms with van der Waals surface area (Å²) in [6.45, 7) is 0. The summed E-state index contributed by atoms with van der Waals surface area (Å²) >= 11 is 28.4. The lowest BCUT2D eigenvalue weighted by atomic mass is 10.1. The lowest BCUT2D eigenvalue weighted by Crippen LogP contribution is -2.01. The SMILES string of the molecule is O=C(c1ccc(Br)s1)c1c(Cl)cc(Cl)c(Cl)c1Cl. The lowest BCUT2D eigenvalue weighted by molar-refractivity contribution is 0.104. The number of carbonyl (C=O) groups is 1. The van der Waals surface area contributed by atoms with Crippen molar-refractivity contribution < 1.29 is 4.79 Å². The zero-order valence-corrected chi connectivity index (χ0v) is 13.9. The molecule has 1 nitrogen and oxygen atoms in total. The van der Waals surface area contributed by atoms with E-state index in [1.54, 1.807) is 12.1 Å². The smallest absolute Gasteiger partial charge is 0.206 e. The van der Waals surface area contributed by atoms with Gasteiger partial charge in [0.1, 0.15) is 0 Å². The van der Waals surface area contributed by atoms with Gasteiger partial charge in [-0.25, -0.2) is 0 Å². The largest absolute Gasteiger partial charge is 0.288 e. The fourth-order valence-corrected chi connectivity index (χ4v) is 3.75. The molecule has 7 heteroatoms. The fraction of sp³-hybridized carbons (Fsp3) is 0. The number of hydrogen-bond donors (Lipinski definition) is 0. The van der Waals surface area contributed by atoms with Gasteiger partial charge >= 0.3 is 0 Å². The van der Waals surface area contributed by atoms with E-state index in [0.29, 0.717) is 4.88 Å². The zero-order valence-electron chi connectivity index (χ0n) is 8.44. The second kappa shape index (κ2) is 5.70. The van der Waals surface area contributed by atoms with Gasteiger partial charge < -0.3 is 0 Å². The van der Waals surface area contributed by atoms with E-state index in [2.05, 4.69) is 15.9 Å². The predicted molar refractivity (Wildman–Crippen MR) is 81.9 cm³/mol. The number of carbonyl (C=O) groups excluding carboxylic acids is 1. The van der Waals surface area contributed by atoms with E-state index in [0.717, 1.165) is 3.79 Å². The molecule has 0 radical (unpaired) electrons. The molecule has 0 aliphatic heterocycles. The Labute approximate surface area is 136 Å². The molecule has 0 N–H and O–H groups in total. The fourth-order valence-electron chi connectivity index (χ4n) is 1.33. The molecule has 0 spiro atoms. The van der Waals surface area contributed by atoms with E-state index in [4.69, 9.17) is 46.4 Å². The van der Waals surface area contributed by atoms with E-state index in [1.807, 2.05) is 0 Å². The average Bonchev–Trinajstić information content (AvgIpc) is 2.73. The van der Waals surface area contributed by atoms with Crippen molar-refractivity contribution in [3.63, 3.8) is 0 Å². The third-order valence-corrected chi connectivity index (χ3v) is 5.32. The quantitative estimate of drug-likeness (QED) is 0.323. The van der Waals surface area contributed by atoms with Crippen LogP contribution >= 0.6 is 73.7 Å². The van der Waals surface area contributed by atoms with E-state index < -0.39 is 0 Å². The highest BCUT2D eigenvalue weighted by Gasteiger charge is 2.22. The maximum absolute atomic E-state index is 12.3. The van der Waals surface area contributed by atoms with Crippen LogP contribution in [0.1, 0.15) is 15.2 Å². The summed E-state index contributed by atoms with van der Waals surface area (Å²) in [5, 5.41) is 0.602. The zero-order chi connectivity index (χ0) is 13.4. The summed E-state index contributed by atoms with van der Waals surface area (Å²) in [4.78, 5) is 12.8. The number of hydrogen-bond acceptors (Lipinski definition) is 2. The molecule has 1 aromatic carbocycles. The number of rotatable bonds is 2. The molecular formula is C11H3BrCl4OS. The Bertz CT molecular complexity index is 638. The molecule has 2 aromatic rings. The molecule has 0 bridgehead atoms. The molecule has 1 aromatic heterocycles. The van der Waals surface area contributed by atoms with Crippen molar-refractivity contribution >= 4 is 79.5 Å². The van der Waals surface area contributed by atoms with Crippen molar-refractivity contribution in [1.29, 1.82) is 0 Å². The molecule has 94 valence electrons. The van der Waals surface area contributed by atoms with Crippen molar-refractivity contribution in [1.82, 2.24) is 0 Å². The van der Waals surface area contributed by atoms with Crippen molar-refractivity contribution in [2.24, 2.45) is 0 Å². The van der Waals surface area contributed by atoms with Crippen molar-refractivity contribution in [3.8, 4) is 0 Å². The molecule has 0 atom stereocenters. The Kier molecular flexibility index (Phi) is 4.63. The maximum atomic E-state index is 12.3. The summed E-state index contributed by atoms with van der Waals surface area (Å²) in [5.41, 5.74) is 0.169. The van der Waals surface area contributed by atoms with E-state index in [-0.39, 0.29) is 31.4 Å². The first kappa shape index (κ1) is 14.6. The average molecular weight is 405 g/mol. The highest BCUT2D eigenvalue weighted by Crippen LogP contribution is 2.39. The van der Waals surface area contributed by atoms with E-state index in [1.165, 1.54) is 17.4 Å². The third-order valence-electron chi connectivity index (χ3n) is 2.14. The minimum absolute atomic E-state index is 0.0729. The van der Waals surface area contributed by atoms with Gasteiger partial charge in [-0.15, -0.1) is 11.3 Å². The number of halogens is 5. The van der Waals surface area contributed by atoms with Gasteiger partial charge in [-0.2, -0.15) is 0 Å². The molecule has 0 amide bonds. The van der Waals surface area contributed by atoms with Gasteiger partial charge in [0, 0.05) is 0 Å². The van der Waals surface area contributed by atoms with Gasteiger partial charge in [0.2, 0.25) is 5.78 Å². The Morgan fingerprint density at radius 2 is 1.72 bits per heavy atom. The van der Waals surface area contributed by atoms with Crippen LogP contribution in [-0.2, 0) is 0 Å². The van der Waals surface area contributed by atoms with Gasteiger partial charge in [-0.1, -0.05) is 46.4 Å². The van der Waals surface area contributed by atoms with Crippen LogP contribution < -0.4 is 0 Å². The standard InChI is InChI=1S/C11H3BrCl4OS/c12-7-2-1-6(18-7)11(17)8-4(13)3-5(14)9(15)10(8)16/h1-3H. The van der Waals surface area contributed by atoms with Crippen LogP contribution in [0.15, 0.2) is 22.0 Å². The van der Waals surface area contributed by atoms with Crippen molar-refractivity contribution in [3.05, 3.63) is 52.5 Å². The minimum atomic E-state index is -0.278. The van der Waals surface area contributed by atoms with Gasteiger partial charge in [0.05, 0.1) is 34.3 Å². The van der Waals surface area contributed by atoms with Crippen LogP contribution in [0.4, 0.5) is 0 Å². The molecule has 2 rings (SSSR count). The summed E-state index contributed by atoms with van der Waals surface area (Å²) in [5.74, 6) is -0.278. The summed E-state index contributed by atoms with van der Waals surface area (Å²) in [7, 11) is 0. The molecule has 0 unspecified atom stereocenters. The topological polar surface area (TPSA) is 17.1 Å². The van der Waals surface area contributed by atoms with Crippen molar-refractivity contribution in [2.75, 3.05) is 0 Å². The van der Waals surface area contributed by atoms with Gasteiger partial charge in [0.15, 0.2) is 0 Å². The first-order valence-corrected chi connectivity index (χ1v) is 7.67. The van der Waals surface area contributed by atoms with Gasteiger partial charge in [-0.3, -0.25) is 4.79 Å². The highest BCUT2D eigenvalue weighted by atomic mass is 79.9. The van der Waals surface area contributed by atoms with Crippen LogP contribution in [0, 0.1) is 0 Å². The Hall–Kier alpha value is 0.230. The highest BCUT2D eigenvalue weighted by molar-refractivity contribution is 9.11. The number of thiophene rings is 1. The first-order chi connectivity index (χ1) is 8.41. The summed E-state index contributed by atoms with van der Waals surface area (Å²) in [6, 6.07) is 4.87. The Morgan fingerprint density at radius 3 is 2.28 bits per heavy atom. The molecule has 1 heterocycles. The van der Waals surface area contributed by atoms with Gasteiger partial charge in [0.25, 0.3) is 0 Å². The van der Waals surface area contributed by atoms with E-state index >= 15 is 0 Å². The molecule has 0 saturated heterocycles. The van der Waals surface area contributed by atoms with E-state index in [9.17, 15) is 4.79 Å². The second-order valence-corrected chi connectivity index (χ2v) is 7.31. The number of ketones is 1.